The minimum atomic E-state index is 0. The van der Waals surface area contributed by atoms with Crippen molar-refractivity contribution in [2.45, 2.75) is 28.2 Å². The van der Waals surface area contributed by atoms with Crippen molar-refractivity contribution in [3.8, 4) is 11.5 Å². The number of aryl methyl sites for hydroxylation is 1. The van der Waals surface area contributed by atoms with Gasteiger partial charge < -0.3 is 9.47 Å². The van der Waals surface area contributed by atoms with Gasteiger partial charge in [-0.15, -0.1) is 11.3 Å². The Morgan fingerprint density at radius 1 is 1.10 bits per heavy atom. The van der Waals surface area contributed by atoms with E-state index in [0.717, 1.165) is 39.2 Å². The van der Waals surface area contributed by atoms with Gasteiger partial charge in [-0.2, -0.15) is 0 Å². The Morgan fingerprint density at radius 2 is 1.76 bits per heavy atom. The minimum Gasteiger partial charge on any atom is -0.490 e. The fraction of sp³-hybridized carbons (Fsp3) is 0.375. The van der Waals surface area contributed by atoms with E-state index in [1.807, 2.05) is 38.3 Å². The number of nitrogens with zero attached hydrogens (tertiary/aromatic N) is 2. The fourth-order valence-electron chi connectivity index (χ4n) is 2.12. The molecule has 0 aliphatic carbocycles. The first kappa shape index (κ1) is 15.5. The molecule has 0 N–H and O–H groups in total. The summed E-state index contributed by atoms with van der Waals surface area (Å²) in [6.07, 6.45) is 0. The molecule has 0 atom stereocenters. The molecule has 1 aromatic heterocycles. The summed E-state index contributed by atoms with van der Waals surface area (Å²) in [6, 6.07) is 3.94. The van der Waals surface area contributed by atoms with E-state index in [-0.39, 0.29) is 7.43 Å². The van der Waals surface area contributed by atoms with Gasteiger partial charge in [-0.3, -0.25) is 0 Å². The van der Waals surface area contributed by atoms with Crippen molar-refractivity contribution in [2.24, 2.45) is 4.99 Å². The van der Waals surface area contributed by atoms with E-state index in [0.29, 0.717) is 13.2 Å². The largest absolute Gasteiger partial charge is 0.490 e. The molecule has 0 fully saturated rings. The van der Waals surface area contributed by atoms with E-state index < -0.39 is 0 Å². The van der Waals surface area contributed by atoms with E-state index in [2.05, 4.69) is 9.98 Å². The Labute approximate surface area is 129 Å². The van der Waals surface area contributed by atoms with Crippen LogP contribution in [-0.4, -0.2) is 23.9 Å². The lowest BCUT2D eigenvalue weighted by Gasteiger charge is -2.20. The molecule has 0 unspecified atom stereocenters. The predicted octanol–water partition coefficient (Wildman–Crippen LogP) is 4.37. The van der Waals surface area contributed by atoms with Gasteiger partial charge in [-0.1, -0.05) is 7.43 Å². The van der Waals surface area contributed by atoms with Crippen molar-refractivity contribution < 1.29 is 9.47 Å². The van der Waals surface area contributed by atoms with Crippen molar-refractivity contribution in [1.29, 1.82) is 0 Å². The second-order valence-electron chi connectivity index (χ2n) is 4.44. The molecule has 2 aromatic rings. The van der Waals surface area contributed by atoms with E-state index in [9.17, 15) is 0 Å². The highest BCUT2D eigenvalue weighted by atomic mass is 32.1. The summed E-state index contributed by atoms with van der Waals surface area (Å²) in [6.45, 7) is 7.14. The minimum absolute atomic E-state index is 0. The Balaban J connectivity index is 0.00000161. The number of hydrogen-bond donors (Lipinski definition) is 0. The van der Waals surface area contributed by atoms with Gasteiger partial charge in [0, 0.05) is 22.7 Å². The summed E-state index contributed by atoms with van der Waals surface area (Å²) in [5.41, 5.74) is 4.00. The second kappa shape index (κ2) is 6.26. The molecule has 2 heterocycles. The van der Waals surface area contributed by atoms with Crippen LogP contribution in [0.15, 0.2) is 22.5 Å². The SMILES string of the molecule is C.CCOc1cc2c(cc1OCC)C(c1nc(C)cs1)=N2. The van der Waals surface area contributed by atoms with Crippen molar-refractivity contribution in [1.82, 2.24) is 4.98 Å². The normalized spacial score (nSPS) is 11.9. The maximum absolute atomic E-state index is 5.65. The zero-order valence-corrected chi connectivity index (χ0v) is 12.6. The van der Waals surface area contributed by atoms with Crippen LogP contribution in [0.25, 0.3) is 0 Å². The van der Waals surface area contributed by atoms with E-state index in [1.165, 1.54) is 0 Å². The number of hydrogen-bond acceptors (Lipinski definition) is 5. The van der Waals surface area contributed by atoms with Crippen LogP contribution >= 0.6 is 11.3 Å². The molecule has 21 heavy (non-hydrogen) atoms. The number of aromatic nitrogens is 1. The third kappa shape index (κ3) is 2.78. The standard InChI is InChI=1S/C15H16N2O2S.CH4/c1-4-18-12-6-10-11(7-13(12)19-5-2)17-14(10)15-16-9(3)8-20-15;/h6-8H,4-5H2,1-3H3;1H4. The highest BCUT2D eigenvalue weighted by Gasteiger charge is 2.25. The molecule has 0 saturated heterocycles. The first-order chi connectivity index (χ1) is 9.72. The maximum atomic E-state index is 5.65. The number of fused-ring (bicyclic) bond motifs is 1. The number of aliphatic imine (C=N–C) groups is 1. The van der Waals surface area contributed by atoms with Crippen LogP contribution in [0.2, 0.25) is 0 Å². The smallest absolute Gasteiger partial charge is 0.163 e. The number of ether oxygens (including phenoxy) is 2. The molecule has 0 saturated carbocycles. The molecule has 1 aliphatic rings. The van der Waals surface area contributed by atoms with E-state index in [4.69, 9.17) is 9.47 Å². The van der Waals surface area contributed by atoms with Crippen LogP contribution in [0.5, 0.6) is 11.5 Å². The van der Waals surface area contributed by atoms with Crippen LogP contribution < -0.4 is 9.47 Å². The topological polar surface area (TPSA) is 43.7 Å². The van der Waals surface area contributed by atoms with Gasteiger partial charge in [0.1, 0.15) is 10.7 Å². The van der Waals surface area contributed by atoms with Gasteiger partial charge in [0.15, 0.2) is 11.5 Å². The Hall–Kier alpha value is -1.88. The quantitative estimate of drug-likeness (QED) is 0.703. The van der Waals surface area contributed by atoms with Crippen LogP contribution in [-0.2, 0) is 0 Å². The predicted molar refractivity (Wildman–Crippen MR) is 87.7 cm³/mol. The lowest BCUT2D eigenvalue weighted by molar-refractivity contribution is 0.288. The summed E-state index contributed by atoms with van der Waals surface area (Å²) in [4.78, 5) is 9.02. The summed E-state index contributed by atoms with van der Waals surface area (Å²) < 4.78 is 11.2. The van der Waals surface area contributed by atoms with Crippen LogP contribution in [0.3, 0.4) is 0 Å². The van der Waals surface area contributed by atoms with Crippen LogP contribution in [0.4, 0.5) is 5.69 Å². The van der Waals surface area contributed by atoms with Gasteiger partial charge in [-0.05, 0) is 26.8 Å². The highest BCUT2D eigenvalue weighted by Crippen LogP contribution is 2.42. The summed E-state index contributed by atoms with van der Waals surface area (Å²) >= 11 is 1.62. The zero-order valence-electron chi connectivity index (χ0n) is 11.8. The average molecular weight is 304 g/mol. The van der Waals surface area contributed by atoms with Crippen molar-refractivity contribution in [3.63, 3.8) is 0 Å². The Morgan fingerprint density at radius 3 is 2.33 bits per heavy atom. The Kier molecular flexibility index (Phi) is 4.63. The lowest BCUT2D eigenvalue weighted by atomic mass is 10.0. The first-order valence-corrected chi connectivity index (χ1v) is 7.56. The summed E-state index contributed by atoms with van der Waals surface area (Å²) in [7, 11) is 0. The Bertz CT molecular complexity index is 677. The number of thiazole rings is 1. The average Bonchev–Trinajstić information content (AvgIpc) is 2.82. The van der Waals surface area contributed by atoms with Crippen molar-refractivity contribution >= 4 is 22.7 Å². The van der Waals surface area contributed by atoms with Crippen LogP contribution in [0, 0.1) is 6.92 Å². The molecule has 0 bridgehead atoms. The third-order valence-electron chi connectivity index (χ3n) is 2.97. The van der Waals surface area contributed by atoms with Crippen molar-refractivity contribution in [3.05, 3.63) is 33.8 Å². The second-order valence-corrected chi connectivity index (χ2v) is 5.29. The summed E-state index contributed by atoms with van der Waals surface area (Å²) in [5.74, 6) is 1.53. The van der Waals surface area contributed by atoms with Gasteiger partial charge in [0.25, 0.3) is 0 Å². The molecule has 1 aromatic carbocycles. The molecule has 3 rings (SSSR count). The molecule has 0 radical (unpaired) electrons. The van der Waals surface area contributed by atoms with Gasteiger partial charge in [0.2, 0.25) is 0 Å². The molecule has 112 valence electrons. The molecule has 0 amide bonds. The third-order valence-corrected chi connectivity index (χ3v) is 3.94. The fourth-order valence-corrected chi connectivity index (χ4v) is 2.92. The van der Waals surface area contributed by atoms with Gasteiger partial charge >= 0.3 is 0 Å². The summed E-state index contributed by atoms with van der Waals surface area (Å²) in [5, 5.41) is 3.00. The molecular formula is C16H20N2O2S. The maximum Gasteiger partial charge on any atom is 0.163 e. The molecule has 0 spiro atoms. The van der Waals surface area contributed by atoms with Crippen LogP contribution in [0.1, 0.15) is 37.5 Å². The van der Waals surface area contributed by atoms with E-state index in [1.54, 1.807) is 11.3 Å². The zero-order chi connectivity index (χ0) is 14.1. The van der Waals surface area contributed by atoms with Gasteiger partial charge in [-0.25, -0.2) is 9.98 Å². The monoisotopic (exact) mass is 304 g/mol. The van der Waals surface area contributed by atoms with E-state index >= 15 is 0 Å². The molecule has 1 aliphatic heterocycles. The lowest BCUT2D eigenvalue weighted by Crippen LogP contribution is -2.12. The number of rotatable bonds is 5. The number of benzene rings is 1. The first-order valence-electron chi connectivity index (χ1n) is 6.68. The van der Waals surface area contributed by atoms with Gasteiger partial charge in [0.05, 0.1) is 18.9 Å². The highest BCUT2D eigenvalue weighted by molar-refractivity contribution is 7.12. The molecule has 5 heteroatoms. The molecule has 4 nitrogen and oxygen atoms in total. The molecular weight excluding hydrogens is 284 g/mol. The van der Waals surface area contributed by atoms with Crippen molar-refractivity contribution in [2.75, 3.05) is 13.2 Å².